The van der Waals surface area contributed by atoms with Crippen molar-refractivity contribution in [2.75, 3.05) is 19.5 Å². The van der Waals surface area contributed by atoms with E-state index in [9.17, 15) is 13.2 Å². The summed E-state index contributed by atoms with van der Waals surface area (Å²) in [6.45, 7) is 2.70. The van der Waals surface area contributed by atoms with Gasteiger partial charge < -0.3 is 14.8 Å². The fraction of sp³-hybridized carbons (Fsp3) is 0.286. The number of aromatic nitrogens is 2. The fourth-order valence-electron chi connectivity index (χ4n) is 2.66. The highest BCUT2D eigenvalue weighted by molar-refractivity contribution is 7.93. The number of nitrogens with one attached hydrogen (secondary N) is 1. The van der Waals surface area contributed by atoms with Crippen LogP contribution in [0.1, 0.15) is 29.5 Å². The number of carbonyl (C=O) groups is 1. The minimum atomic E-state index is -3.29. The number of ether oxygens (including phenoxy) is 2. The molecule has 1 aromatic carbocycles. The number of hydrogen-bond acceptors (Lipinski definition) is 7. The monoisotopic (exact) mass is 429 g/mol. The molecule has 0 spiro atoms. The van der Waals surface area contributed by atoms with Gasteiger partial charge in [-0.05, 0) is 25.5 Å². The van der Waals surface area contributed by atoms with Crippen molar-refractivity contribution in [1.29, 1.82) is 0 Å². The molecule has 0 aliphatic carbocycles. The summed E-state index contributed by atoms with van der Waals surface area (Å²) in [7, 11) is -3.29. The van der Waals surface area contributed by atoms with E-state index in [0.717, 1.165) is 23.7 Å². The lowest BCUT2D eigenvalue weighted by Gasteiger charge is -2.16. The molecule has 1 aliphatic rings. The first kappa shape index (κ1) is 21.7. The largest absolute Gasteiger partial charge is 0.438 e. The molecule has 3 rings (SSSR count). The Kier molecular flexibility index (Phi) is 6.96. The van der Waals surface area contributed by atoms with Gasteiger partial charge in [0.25, 0.3) is 5.91 Å². The first-order valence-corrected chi connectivity index (χ1v) is 11.3. The van der Waals surface area contributed by atoms with E-state index in [0.29, 0.717) is 24.8 Å². The zero-order valence-electron chi connectivity index (χ0n) is 16.7. The Labute approximate surface area is 175 Å². The number of benzene rings is 1. The summed E-state index contributed by atoms with van der Waals surface area (Å²) in [6, 6.07) is 8.46. The average Bonchev–Trinajstić information content (AvgIpc) is 2.73. The second-order valence-electron chi connectivity index (χ2n) is 6.82. The Bertz CT molecular complexity index is 1070. The van der Waals surface area contributed by atoms with Crippen molar-refractivity contribution in [2.24, 2.45) is 0 Å². The maximum absolute atomic E-state index is 12.8. The lowest BCUT2D eigenvalue weighted by Crippen LogP contribution is -2.31. The maximum atomic E-state index is 12.8. The Hall–Kier alpha value is -3.04. The van der Waals surface area contributed by atoms with Gasteiger partial charge in [-0.3, -0.25) is 4.79 Å². The van der Waals surface area contributed by atoms with E-state index in [4.69, 9.17) is 9.47 Å². The molecule has 0 saturated heterocycles. The van der Waals surface area contributed by atoms with Crippen LogP contribution < -0.4 is 10.1 Å². The molecule has 1 atom stereocenters. The van der Waals surface area contributed by atoms with Gasteiger partial charge in [-0.15, -0.1) is 0 Å². The van der Waals surface area contributed by atoms with Crippen LogP contribution in [0.3, 0.4) is 0 Å². The normalized spacial score (nSPS) is 15.5. The van der Waals surface area contributed by atoms with Gasteiger partial charge in [0.2, 0.25) is 5.88 Å². The summed E-state index contributed by atoms with van der Waals surface area (Å²) >= 11 is 0. The molecular formula is C21H23N3O5S. The van der Waals surface area contributed by atoms with Crippen molar-refractivity contribution in [3.63, 3.8) is 0 Å². The molecule has 0 radical (unpaired) electrons. The summed E-state index contributed by atoms with van der Waals surface area (Å²) in [5.74, 6) is 0.582. The molecule has 2 aromatic rings. The summed E-state index contributed by atoms with van der Waals surface area (Å²) in [4.78, 5) is 21.5. The van der Waals surface area contributed by atoms with Crippen molar-refractivity contribution < 1.29 is 22.7 Å². The Morgan fingerprint density at radius 1 is 1.30 bits per heavy atom. The van der Waals surface area contributed by atoms with Gasteiger partial charge in [0.05, 0.1) is 13.2 Å². The molecule has 158 valence electrons. The molecule has 8 nitrogen and oxygen atoms in total. The summed E-state index contributed by atoms with van der Waals surface area (Å²) in [5, 5.41) is 3.75. The third-order valence-corrected chi connectivity index (χ3v) is 4.78. The highest BCUT2D eigenvalue weighted by Crippen LogP contribution is 2.25. The maximum Gasteiger partial charge on any atom is 0.258 e. The van der Waals surface area contributed by atoms with Crippen molar-refractivity contribution in [2.45, 2.75) is 19.4 Å². The minimum absolute atomic E-state index is 0.106. The topological polar surface area (TPSA) is 107 Å². The van der Waals surface area contributed by atoms with Crippen LogP contribution in [-0.2, 0) is 14.6 Å². The third-order valence-electron chi connectivity index (χ3n) is 4.13. The van der Waals surface area contributed by atoms with Crippen LogP contribution in [0.5, 0.6) is 11.6 Å². The highest BCUT2D eigenvalue weighted by Gasteiger charge is 2.20. The molecule has 1 N–H and O–H groups in total. The molecule has 1 aromatic heterocycles. The van der Waals surface area contributed by atoms with Gasteiger partial charge in [0.1, 0.15) is 11.3 Å². The van der Waals surface area contributed by atoms with Crippen LogP contribution >= 0.6 is 0 Å². The highest BCUT2D eigenvalue weighted by atomic mass is 32.2. The van der Waals surface area contributed by atoms with Crippen molar-refractivity contribution in [3.8, 4) is 11.6 Å². The zero-order valence-corrected chi connectivity index (χ0v) is 17.6. The van der Waals surface area contributed by atoms with E-state index in [-0.39, 0.29) is 11.4 Å². The van der Waals surface area contributed by atoms with Crippen LogP contribution in [0, 0.1) is 0 Å². The predicted molar refractivity (Wildman–Crippen MR) is 113 cm³/mol. The number of nitrogens with zero attached hydrogens (tertiary/aromatic N) is 2. The SMILES string of the molecule is C[C@@H](/C=C/S(C)(=O)=O)NC(=O)c1cnc(C2=CCCOC2)nc1Oc1ccccc1. The van der Waals surface area contributed by atoms with Crippen LogP contribution in [-0.4, -0.2) is 49.8 Å². The molecule has 30 heavy (non-hydrogen) atoms. The van der Waals surface area contributed by atoms with Gasteiger partial charge >= 0.3 is 0 Å². The molecule has 0 saturated carbocycles. The number of rotatable bonds is 7. The molecule has 0 fully saturated rings. The molecule has 0 bridgehead atoms. The Morgan fingerprint density at radius 2 is 2.07 bits per heavy atom. The molecule has 2 heterocycles. The number of amides is 1. The fourth-order valence-corrected chi connectivity index (χ4v) is 3.18. The number of sulfone groups is 1. The lowest BCUT2D eigenvalue weighted by molar-refractivity contribution is 0.0943. The smallest absolute Gasteiger partial charge is 0.258 e. The Balaban J connectivity index is 1.89. The summed E-state index contributed by atoms with van der Waals surface area (Å²) < 4.78 is 33.9. The van der Waals surface area contributed by atoms with Crippen LogP contribution in [0.2, 0.25) is 0 Å². The number of carbonyl (C=O) groups excluding carboxylic acids is 1. The Morgan fingerprint density at radius 3 is 2.73 bits per heavy atom. The minimum Gasteiger partial charge on any atom is -0.438 e. The standard InChI is InChI=1S/C21H23N3O5S/c1-15(10-12-30(2,26)27)23-20(25)18-13-22-19(16-7-6-11-28-14-16)24-21(18)29-17-8-4-3-5-9-17/h3-5,7-10,12-13,15H,6,11,14H2,1-2H3,(H,23,25)/b12-10+/t15-/m0/s1. The number of hydrogen-bond donors (Lipinski definition) is 1. The van der Waals surface area contributed by atoms with E-state index in [1.807, 2.05) is 24.3 Å². The number of para-hydroxylation sites is 1. The van der Waals surface area contributed by atoms with E-state index in [1.54, 1.807) is 19.1 Å². The van der Waals surface area contributed by atoms with Gasteiger partial charge in [-0.25, -0.2) is 13.4 Å². The van der Waals surface area contributed by atoms with Crippen molar-refractivity contribution in [3.05, 3.63) is 65.5 Å². The van der Waals surface area contributed by atoms with E-state index < -0.39 is 21.8 Å². The van der Waals surface area contributed by atoms with Gasteiger partial charge in [-0.1, -0.05) is 30.4 Å². The van der Waals surface area contributed by atoms with Crippen LogP contribution in [0.15, 0.2) is 54.1 Å². The molecular weight excluding hydrogens is 406 g/mol. The summed E-state index contributed by atoms with van der Waals surface area (Å²) in [5.41, 5.74) is 0.968. The molecule has 1 amide bonds. The molecule has 9 heteroatoms. The van der Waals surface area contributed by atoms with Crippen molar-refractivity contribution >= 4 is 21.3 Å². The third kappa shape index (κ3) is 6.23. The van der Waals surface area contributed by atoms with Gasteiger partial charge in [-0.2, -0.15) is 4.98 Å². The second kappa shape index (κ2) is 9.64. The average molecular weight is 429 g/mol. The van der Waals surface area contributed by atoms with Crippen LogP contribution in [0.25, 0.3) is 5.57 Å². The van der Waals surface area contributed by atoms with Gasteiger partial charge in [0, 0.05) is 29.5 Å². The van der Waals surface area contributed by atoms with Crippen LogP contribution in [0.4, 0.5) is 0 Å². The zero-order chi connectivity index (χ0) is 21.6. The van der Waals surface area contributed by atoms with E-state index in [2.05, 4.69) is 15.3 Å². The molecule has 1 aliphatic heterocycles. The summed E-state index contributed by atoms with van der Waals surface area (Å²) in [6.07, 6.45) is 6.64. The van der Waals surface area contributed by atoms with Gasteiger partial charge in [0.15, 0.2) is 15.7 Å². The first-order chi connectivity index (χ1) is 14.3. The van der Waals surface area contributed by atoms with E-state index in [1.165, 1.54) is 12.3 Å². The van der Waals surface area contributed by atoms with E-state index >= 15 is 0 Å². The molecule has 0 unspecified atom stereocenters. The lowest BCUT2D eigenvalue weighted by atomic mass is 10.1. The predicted octanol–water partition coefficient (Wildman–Crippen LogP) is 2.75. The quantitative estimate of drug-likeness (QED) is 0.721. The first-order valence-electron chi connectivity index (χ1n) is 9.38. The van der Waals surface area contributed by atoms with Crippen molar-refractivity contribution in [1.82, 2.24) is 15.3 Å². The second-order valence-corrected chi connectivity index (χ2v) is 8.75.